The summed E-state index contributed by atoms with van der Waals surface area (Å²) in [6.45, 7) is 5.79. The fourth-order valence-electron chi connectivity index (χ4n) is 0.434. The van der Waals surface area contributed by atoms with Crippen molar-refractivity contribution in [1.82, 2.24) is 0 Å². The molecule has 0 bridgehead atoms. The highest BCUT2D eigenvalue weighted by atomic mass is 127. The first-order chi connectivity index (χ1) is 4.09. The summed E-state index contributed by atoms with van der Waals surface area (Å²) in [5.41, 5.74) is 1.11. The number of rotatable bonds is 2. The van der Waals surface area contributed by atoms with E-state index >= 15 is 0 Å². The molecule has 0 rings (SSSR count). The van der Waals surface area contributed by atoms with Crippen LogP contribution in [-0.4, -0.2) is 5.78 Å². The predicted molar refractivity (Wildman–Crippen MR) is 47.7 cm³/mol. The molecule has 0 saturated carbocycles. The molecule has 0 aliphatic heterocycles. The van der Waals surface area contributed by atoms with Crippen molar-refractivity contribution in [2.75, 3.05) is 0 Å². The van der Waals surface area contributed by atoms with E-state index in [2.05, 4.69) is 22.6 Å². The maximum atomic E-state index is 10.9. The molecule has 0 heterocycles. The lowest BCUT2D eigenvalue weighted by Crippen LogP contribution is -1.94. The lowest BCUT2D eigenvalue weighted by atomic mass is 10.2. The lowest BCUT2D eigenvalue weighted by molar-refractivity contribution is -0.114. The number of hydrogen-bond donors (Lipinski definition) is 0. The van der Waals surface area contributed by atoms with Gasteiger partial charge in [0.1, 0.15) is 0 Å². The van der Waals surface area contributed by atoms with Gasteiger partial charge >= 0.3 is 0 Å². The third kappa shape index (κ3) is 2.98. The zero-order chi connectivity index (χ0) is 7.44. The van der Waals surface area contributed by atoms with Crippen molar-refractivity contribution in [2.24, 2.45) is 0 Å². The molecular weight excluding hydrogens is 227 g/mol. The van der Waals surface area contributed by atoms with Gasteiger partial charge in [0, 0.05) is 6.42 Å². The van der Waals surface area contributed by atoms with Gasteiger partial charge in [0.15, 0.2) is 5.78 Å². The Morgan fingerprint density at radius 1 is 1.44 bits per heavy atom. The van der Waals surface area contributed by atoms with Gasteiger partial charge in [0.05, 0.1) is 3.58 Å². The van der Waals surface area contributed by atoms with Crippen molar-refractivity contribution >= 4 is 28.4 Å². The van der Waals surface area contributed by atoms with E-state index in [0.717, 1.165) is 9.15 Å². The molecular formula is C7H11IO. The predicted octanol–water partition coefficient (Wildman–Crippen LogP) is 2.69. The van der Waals surface area contributed by atoms with Crippen molar-refractivity contribution in [2.45, 2.75) is 27.2 Å². The fraction of sp³-hybridized carbons (Fsp3) is 0.571. The average molecular weight is 238 g/mol. The van der Waals surface area contributed by atoms with Gasteiger partial charge in [-0.15, -0.1) is 0 Å². The van der Waals surface area contributed by atoms with Crippen LogP contribution >= 0.6 is 22.6 Å². The largest absolute Gasteiger partial charge is 0.294 e. The molecule has 0 aromatic carbocycles. The van der Waals surface area contributed by atoms with Crippen LogP contribution in [0.2, 0.25) is 0 Å². The van der Waals surface area contributed by atoms with E-state index < -0.39 is 0 Å². The molecule has 0 amide bonds. The van der Waals surface area contributed by atoms with Crippen molar-refractivity contribution in [3.63, 3.8) is 0 Å². The number of carbonyl (C=O) groups is 1. The topological polar surface area (TPSA) is 17.1 Å². The molecule has 2 heteroatoms. The smallest absolute Gasteiger partial charge is 0.168 e. The summed E-state index contributed by atoms with van der Waals surface area (Å²) >= 11 is 2.09. The van der Waals surface area contributed by atoms with Crippen LogP contribution in [0.25, 0.3) is 0 Å². The molecule has 0 unspecified atom stereocenters. The Kier molecular flexibility index (Phi) is 4.10. The van der Waals surface area contributed by atoms with Crippen LogP contribution in [0.3, 0.4) is 0 Å². The van der Waals surface area contributed by atoms with Crippen molar-refractivity contribution in [3.05, 3.63) is 9.15 Å². The van der Waals surface area contributed by atoms with E-state index in [4.69, 9.17) is 0 Å². The standard InChI is InChI=1S/C7H11IO/c1-4-6(9)7(8)5(2)3/h4H2,1-3H3. The lowest BCUT2D eigenvalue weighted by Gasteiger charge is -1.95. The molecule has 0 spiro atoms. The molecule has 0 radical (unpaired) electrons. The highest BCUT2D eigenvalue weighted by molar-refractivity contribution is 14.1. The second-order valence-electron chi connectivity index (χ2n) is 2.09. The van der Waals surface area contributed by atoms with E-state index in [0.29, 0.717) is 6.42 Å². The molecule has 0 fully saturated rings. The molecule has 0 atom stereocenters. The number of hydrogen-bond acceptors (Lipinski definition) is 1. The van der Waals surface area contributed by atoms with Crippen molar-refractivity contribution in [3.8, 4) is 0 Å². The summed E-state index contributed by atoms with van der Waals surface area (Å²) in [6.07, 6.45) is 0.615. The number of Topliss-reactive ketones (excluding diaryl/α,β-unsaturated/α-hetero) is 1. The van der Waals surface area contributed by atoms with Crippen LogP contribution in [0.1, 0.15) is 27.2 Å². The molecule has 0 aromatic rings. The summed E-state index contributed by atoms with van der Waals surface area (Å²) in [4.78, 5) is 10.9. The van der Waals surface area contributed by atoms with Crippen LogP contribution in [0, 0.1) is 0 Å². The molecule has 52 valence electrons. The Hall–Kier alpha value is 0.140. The van der Waals surface area contributed by atoms with E-state index in [1.807, 2.05) is 20.8 Å². The second kappa shape index (κ2) is 4.04. The SMILES string of the molecule is CCC(=O)C(I)=C(C)C. The maximum absolute atomic E-state index is 10.9. The molecule has 0 aliphatic rings. The van der Waals surface area contributed by atoms with Crippen LogP contribution in [-0.2, 0) is 4.79 Å². The van der Waals surface area contributed by atoms with Gasteiger partial charge < -0.3 is 0 Å². The summed E-state index contributed by atoms with van der Waals surface area (Å²) in [5, 5.41) is 0. The van der Waals surface area contributed by atoms with Crippen LogP contribution in [0.15, 0.2) is 9.15 Å². The Balaban J connectivity index is 4.21. The third-order valence-corrected chi connectivity index (χ3v) is 2.69. The number of allylic oxidation sites excluding steroid dienone is 2. The molecule has 0 N–H and O–H groups in total. The first-order valence-electron chi connectivity index (χ1n) is 2.95. The molecule has 0 aliphatic carbocycles. The highest BCUT2D eigenvalue weighted by Gasteiger charge is 2.02. The van der Waals surface area contributed by atoms with Gasteiger partial charge in [0.25, 0.3) is 0 Å². The van der Waals surface area contributed by atoms with Crippen molar-refractivity contribution in [1.29, 1.82) is 0 Å². The first kappa shape index (κ1) is 9.14. The van der Waals surface area contributed by atoms with Gasteiger partial charge in [-0.25, -0.2) is 0 Å². The Bertz CT molecular complexity index is 143. The number of ketones is 1. The molecule has 1 nitrogen and oxygen atoms in total. The second-order valence-corrected chi connectivity index (χ2v) is 3.17. The minimum Gasteiger partial charge on any atom is -0.294 e. The molecule has 0 aromatic heterocycles. The van der Waals surface area contributed by atoms with E-state index in [9.17, 15) is 4.79 Å². The minimum atomic E-state index is 0.246. The Morgan fingerprint density at radius 2 is 1.89 bits per heavy atom. The Labute approximate surface area is 69.7 Å². The third-order valence-electron chi connectivity index (χ3n) is 1.00. The molecule has 9 heavy (non-hydrogen) atoms. The zero-order valence-electron chi connectivity index (χ0n) is 5.99. The Morgan fingerprint density at radius 3 is 2.00 bits per heavy atom. The first-order valence-corrected chi connectivity index (χ1v) is 4.03. The van der Waals surface area contributed by atoms with E-state index in [1.54, 1.807) is 0 Å². The van der Waals surface area contributed by atoms with Gasteiger partial charge in [-0.2, -0.15) is 0 Å². The van der Waals surface area contributed by atoms with Crippen LogP contribution in [0.4, 0.5) is 0 Å². The number of carbonyl (C=O) groups excluding carboxylic acids is 1. The summed E-state index contributed by atoms with van der Waals surface area (Å²) in [5.74, 6) is 0.246. The van der Waals surface area contributed by atoms with Crippen LogP contribution < -0.4 is 0 Å². The van der Waals surface area contributed by atoms with E-state index in [1.165, 1.54) is 0 Å². The summed E-state index contributed by atoms with van der Waals surface area (Å²) in [7, 11) is 0. The summed E-state index contributed by atoms with van der Waals surface area (Å²) in [6, 6.07) is 0. The molecule has 0 saturated heterocycles. The van der Waals surface area contributed by atoms with Gasteiger partial charge in [-0.3, -0.25) is 4.79 Å². The fourth-order valence-corrected chi connectivity index (χ4v) is 0.815. The average Bonchev–Trinajstić information content (AvgIpc) is 1.84. The highest BCUT2D eigenvalue weighted by Crippen LogP contribution is 2.14. The number of halogens is 1. The van der Waals surface area contributed by atoms with E-state index in [-0.39, 0.29) is 5.78 Å². The van der Waals surface area contributed by atoms with Gasteiger partial charge in [-0.05, 0) is 36.4 Å². The van der Waals surface area contributed by atoms with Gasteiger partial charge in [0.2, 0.25) is 0 Å². The normalized spacial score (nSPS) is 8.89. The quantitative estimate of drug-likeness (QED) is 0.534. The van der Waals surface area contributed by atoms with Crippen LogP contribution in [0.5, 0.6) is 0 Å². The monoisotopic (exact) mass is 238 g/mol. The maximum Gasteiger partial charge on any atom is 0.168 e. The minimum absolute atomic E-state index is 0.246. The van der Waals surface area contributed by atoms with Crippen molar-refractivity contribution < 1.29 is 4.79 Å². The summed E-state index contributed by atoms with van der Waals surface area (Å²) < 4.78 is 0.884. The van der Waals surface area contributed by atoms with Gasteiger partial charge in [-0.1, -0.05) is 12.5 Å². The zero-order valence-corrected chi connectivity index (χ0v) is 8.15.